The Morgan fingerprint density at radius 3 is 2.40 bits per heavy atom. The molecule has 1 aliphatic heterocycles. The van der Waals surface area contributed by atoms with E-state index in [4.69, 9.17) is 0 Å². The maximum Gasteiger partial charge on any atom is 0.123 e. The molecular formula is C17H20FNSi. The van der Waals surface area contributed by atoms with Crippen LogP contribution in [0.15, 0.2) is 48.5 Å². The van der Waals surface area contributed by atoms with Crippen molar-refractivity contribution in [1.82, 2.24) is 0 Å². The first kappa shape index (κ1) is 13.4. The van der Waals surface area contributed by atoms with Crippen molar-refractivity contribution in [3.05, 3.63) is 54.3 Å². The van der Waals surface area contributed by atoms with E-state index in [2.05, 4.69) is 49.2 Å². The predicted octanol–water partition coefficient (Wildman–Crippen LogP) is 4.28. The number of para-hydroxylation sites is 1. The minimum Gasteiger partial charge on any atom is -0.342 e. The van der Waals surface area contributed by atoms with Gasteiger partial charge in [-0.2, -0.15) is 0 Å². The topological polar surface area (TPSA) is 3.24 Å². The lowest BCUT2D eigenvalue weighted by molar-refractivity contribution is 0.627. The largest absolute Gasteiger partial charge is 0.342 e. The van der Waals surface area contributed by atoms with E-state index in [1.807, 2.05) is 12.1 Å². The molecule has 3 rings (SSSR count). The van der Waals surface area contributed by atoms with Crippen LogP contribution in [-0.4, -0.2) is 14.6 Å². The Hall–Kier alpha value is -1.61. The van der Waals surface area contributed by atoms with Crippen LogP contribution in [0.5, 0.6) is 0 Å². The van der Waals surface area contributed by atoms with Crippen LogP contribution in [0.4, 0.5) is 15.8 Å². The molecule has 1 atom stereocenters. The highest BCUT2D eigenvalue weighted by Crippen LogP contribution is 2.36. The molecule has 3 heteroatoms. The zero-order valence-electron chi connectivity index (χ0n) is 12.2. The van der Waals surface area contributed by atoms with E-state index in [1.54, 1.807) is 12.1 Å². The molecule has 104 valence electrons. The van der Waals surface area contributed by atoms with Gasteiger partial charge < -0.3 is 4.90 Å². The standard InChI is InChI=1S/C17H20FNSi/c1-13-12-19(15-10-8-14(18)9-11-15)16-6-4-5-7-17(16)20(13,2)3/h4-11,13H,12H2,1-3H3. The summed E-state index contributed by atoms with van der Waals surface area (Å²) < 4.78 is 13.1. The fourth-order valence-corrected chi connectivity index (χ4v) is 5.56. The minimum absolute atomic E-state index is 0.179. The van der Waals surface area contributed by atoms with Gasteiger partial charge in [0, 0.05) is 17.9 Å². The average Bonchev–Trinajstić information content (AvgIpc) is 2.44. The molecule has 0 saturated carbocycles. The van der Waals surface area contributed by atoms with Gasteiger partial charge >= 0.3 is 0 Å². The van der Waals surface area contributed by atoms with E-state index in [9.17, 15) is 4.39 Å². The van der Waals surface area contributed by atoms with Gasteiger partial charge in [-0.1, -0.05) is 38.2 Å². The third-order valence-corrected chi connectivity index (χ3v) is 9.17. The summed E-state index contributed by atoms with van der Waals surface area (Å²) >= 11 is 0. The highest BCUT2D eigenvalue weighted by molar-refractivity contribution is 6.92. The number of hydrogen-bond acceptors (Lipinski definition) is 1. The molecule has 1 nitrogen and oxygen atoms in total. The van der Waals surface area contributed by atoms with Gasteiger partial charge in [0.15, 0.2) is 0 Å². The Morgan fingerprint density at radius 2 is 1.70 bits per heavy atom. The van der Waals surface area contributed by atoms with Crippen molar-refractivity contribution in [2.75, 3.05) is 11.4 Å². The van der Waals surface area contributed by atoms with Gasteiger partial charge in [0.2, 0.25) is 0 Å². The van der Waals surface area contributed by atoms with Crippen LogP contribution < -0.4 is 10.1 Å². The first-order valence-corrected chi connectivity index (χ1v) is 10.2. The Kier molecular flexibility index (Phi) is 3.17. The molecule has 2 aromatic carbocycles. The molecule has 0 aromatic heterocycles. The fraction of sp³-hybridized carbons (Fsp3) is 0.294. The van der Waals surface area contributed by atoms with Crippen molar-refractivity contribution < 1.29 is 4.39 Å². The smallest absolute Gasteiger partial charge is 0.123 e. The van der Waals surface area contributed by atoms with Crippen LogP contribution in [0, 0.1) is 5.82 Å². The Balaban J connectivity index is 2.12. The SMILES string of the molecule is CC1CN(c2ccc(F)cc2)c2ccccc2[Si]1(C)C. The summed E-state index contributed by atoms with van der Waals surface area (Å²) in [7, 11) is -1.42. The molecule has 0 saturated heterocycles. The number of nitrogens with zero attached hydrogens (tertiary/aromatic N) is 1. The molecule has 0 amide bonds. The van der Waals surface area contributed by atoms with Gasteiger partial charge in [-0.3, -0.25) is 0 Å². The summed E-state index contributed by atoms with van der Waals surface area (Å²) in [5, 5.41) is 1.50. The first-order chi connectivity index (χ1) is 9.50. The number of hydrogen-bond donors (Lipinski definition) is 0. The van der Waals surface area contributed by atoms with Gasteiger partial charge in [0.1, 0.15) is 5.82 Å². The molecule has 1 heterocycles. The second-order valence-corrected chi connectivity index (χ2v) is 11.2. The molecule has 1 aliphatic rings. The monoisotopic (exact) mass is 285 g/mol. The molecule has 0 bridgehead atoms. The summed E-state index contributed by atoms with van der Waals surface area (Å²) in [4.78, 5) is 2.33. The van der Waals surface area contributed by atoms with E-state index >= 15 is 0 Å². The van der Waals surface area contributed by atoms with E-state index < -0.39 is 8.07 Å². The van der Waals surface area contributed by atoms with Gasteiger partial charge in [-0.25, -0.2) is 4.39 Å². The van der Waals surface area contributed by atoms with E-state index in [1.165, 1.54) is 10.9 Å². The lowest BCUT2D eigenvalue weighted by atomic mass is 10.2. The van der Waals surface area contributed by atoms with Crippen molar-refractivity contribution in [3.8, 4) is 0 Å². The molecule has 0 aliphatic carbocycles. The van der Waals surface area contributed by atoms with Crippen molar-refractivity contribution >= 4 is 24.6 Å². The maximum absolute atomic E-state index is 13.1. The first-order valence-electron chi connectivity index (χ1n) is 7.13. The molecule has 1 unspecified atom stereocenters. The van der Waals surface area contributed by atoms with E-state index in [0.29, 0.717) is 5.54 Å². The molecule has 0 spiro atoms. The second-order valence-electron chi connectivity index (χ2n) is 6.23. The molecule has 0 radical (unpaired) electrons. The minimum atomic E-state index is -1.42. The average molecular weight is 285 g/mol. The highest BCUT2D eigenvalue weighted by atomic mass is 28.3. The maximum atomic E-state index is 13.1. The Labute approximate surface area is 121 Å². The quantitative estimate of drug-likeness (QED) is 0.707. The van der Waals surface area contributed by atoms with Crippen LogP contribution in [0.3, 0.4) is 0 Å². The fourth-order valence-electron chi connectivity index (χ4n) is 2.99. The van der Waals surface area contributed by atoms with Gasteiger partial charge in [-0.15, -0.1) is 0 Å². The summed E-state index contributed by atoms with van der Waals surface area (Å²) in [5.74, 6) is -0.179. The zero-order valence-corrected chi connectivity index (χ0v) is 13.2. The predicted molar refractivity (Wildman–Crippen MR) is 86.4 cm³/mol. The number of rotatable bonds is 1. The second kappa shape index (κ2) is 4.74. The van der Waals surface area contributed by atoms with Gasteiger partial charge in [0.05, 0.1) is 8.07 Å². The summed E-state index contributed by atoms with van der Waals surface area (Å²) in [6.07, 6.45) is 0. The van der Waals surface area contributed by atoms with Crippen LogP contribution >= 0.6 is 0 Å². The Bertz CT molecular complexity index is 621. The van der Waals surface area contributed by atoms with E-state index in [0.717, 1.165) is 12.2 Å². The van der Waals surface area contributed by atoms with E-state index in [-0.39, 0.29) is 5.82 Å². The van der Waals surface area contributed by atoms with Crippen molar-refractivity contribution in [2.45, 2.75) is 25.6 Å². The lowest BCUT2D eigenvalue weighted by Crippen LogP contribution is -2.54. The molecule has 20 heavy (non-hydrogen) atoms. The van der Waals surface area contributed by atoms with Crippen molar-refractivity contribution in [2.24, 2.45) is 0 Å². The third kappa shape index (κ3) is 2.06. The summed E-state index contributed by atoms with van der Waals surface area (Å²) in [5.41, 5.74) is 3.05. The van der Waals surface area contributed by atoms with Crippen LogP contribution in [0.1, 0.15) is 6.92 Å². The van der Waals surface area contributed by atoms with Crippen LogP contribution in [0.2, 0.25) is 18.6 Å². The van der Waals surface area contributed by atoms with Gasteiger partial charge in [0.25, 0.3) is 0 Å². The number of benzene rings is 2. The number of anilines is 2. The Morgan fingerprint density at radius 1 is 1.05 bits per heavy atom. The number of halogens is 1. The third-order valence-electron chi connectivity index (χ3n) is 4.72. The lowest BCUT2D eigenvalue weighted by Gasteiger charge is -2.43. The molecule has 0 N–H and O–H groups in total. The van der Waals surface area contributed by atoms with Crippen LogP contribution in [-0.2, 0) is 0 Å². The molecule has 0 fully saturated rings. The van der Waals surface area contributed by atoms with Crippen molar-refractivity contribution in [3.63, 3.8) is 0 Å². The molecule has 2 aromatic rings. The van der Waals surface area contributed by atoms with Crippen LogP contribution in [0.25, 0.3) is 0 Å². The van der Waals surface area contributed by atoms with Gasteiger partial charge in [-0.05, 0) is 41.1 Å². The highest BCUT2D eigenvalue weighted by Gasteiger charge is 2.38. The number of fused-ring (bicyclic) bond motifs is 1. The summed E-state index contributed by atoms with van der Waals surface area (Å²) in [6.45, 7) is 8.25. The molecular weight excluding hydrogens is 265 g/mol. The summed E-state index contributed by atoms with van der Waals surface area (Å²) in [6, 6.07) is 15.5. The van der Waals surface area contributed by atoms with Crippen molar-refractivity contribution in [1.29, 1.82) is 0 Å². The zero-order chi connectivity index (χ0) is 14.3. The normalized spacial score (nSPS) is 20.6.